The third-order valence-corrected chi connectivity index (χ3v) is 1.37. The Hall–Kier alpha value is -1.84. The molecule has 62 valence electrons. The van der Waals surface area contributed by atoms with Crippen LogP contribution in [-0.4, -0.2) is 17.5 Å². The molecule has 4 nitrogen and oxygen atoms in total. The van der Waals surface area contributed by atoms with Crippen molar-refractivity contribution >= 4 is 18.1 Å². The molecule has 0 spiro atoms. The Bertz CT molecular complexity index is 309. The van der Waals surface area contributed by atoms with Crippen LogP contribution in [-0.2, 0) is 4.79 Å². The molecule has 1 amide bonds. The van der Waals surface area contributed by atoms with Crippen LogP contribution in [0.2, 0.25) is 0 Å². The fraction of sp³-hybridized carbons (Fsp3) is 0. The zero-order valence-corrected chi connectivity index (χ0v) is 6.15. The molecule has 0 heterocycles. The van der Waals surface area contributed by atoms with Crippen molar-refractivity contribution in [2.45, 2.75) is 0 Å². The van der Waals surface area contributed by atoms with Crippen LogP contribution in [0, 0.1) is 0 Å². The fourth-order valence-electron chi connectivity index (χ4n) is 0.859. The lowest BCUT2D eigenvalue weighted by atomic mass is 10.2. The number of benzene rings is 1. The minimum Gasteiger partial charge on any atom is -0.478 e. The lowest BCUT2D eigenvalue weighted by molar-refractivity contribution is -0.105. The smallest absolute Gasteiger partial charge is 0.337 e. The summed E-state index contributed by atoms with van der Waals surface area (Å²) >= 11 is 0. The monoisotopic (exact) mass is 165 g/mol. The molecule has 0 saturated heterocycles. The van der Waals surface area contributed by atoms with Crippen LogP contribution in [0.5, 0.6) is 0 Å². The number of hydrogen-bond donors (Lipinski definition) is 2. The van der Waals surface area contributed by atoms with Crippen molar-refractivity contribution in [3.63, 3.8) is 0 Å². The number of carbonyl (C=O) groups excluding carboxylic acids is 1. The molecule has 12 heavy (non-hydrogen) atoms. The number of nitrogens with one attached hydrogen (secondary N) is 1. The van der Waals surface area contributed by atoms with Gasteiger partial charge in [-0.25, -0.2) is 4.79 Å². The van der Waals surface area contributed by atoms with Gasteiger partial charge in [0.15, 0.2) is 0 Å². The number of amides is 1. The average molecular weight is 165 g/mol. The van der Waals surface area contributed by atoms with E-state index in [9.17, 15) is 9.59 Å². The number of carbonyl (C=O) groups is 2. The number of carboxylic acid groups (broad SMARTS) is 1. The van der Waals surface area contributed by atoms with Gasteiger partial charge in [-0.3, -0.25) is 4.79 Å². The number of aromatic carboxylic acids is 1. The molecule has 1 rings (SSSR count). The molecular weight excluding hydrogens is 158 g/mol. The zero-order chi connectivity index (χ0) is 8.97. The number of anilines is 1. The predicted molar refractivity (Wildman–Crippen MR) is 43.1 cm³/mol. The number of carboxylic acids is 1. The number of rotatable bonds is 3. The number of hydrogen-bond acceptors (Lipinski definition) is 2. The third kappa shape index (κ3) is 1.60. The van der Waals surface area contributed by atoms with Crippen molar-refractivity contribution < 1.29 is 14.7 Å². The maximum atomic E-state index is 10.5. The molecule has 0 atom stereocenters. The van der Waals surface area contributed by atoms with Crippen LogP contribution in [0.4, 0.5) is 5.69 Å². The second kappa shape index (κ2) is 3.52. The zero-order valence-electron chi connectivity index (χ0n) is 6.15. The van der Waals surface area contributed by atoms with Crippen molar-refractivity contribution in [1.29, 1.82) is 0 Å². The van der Waals surface area contributed by atoms with Crippen molar-refractivity contribution in [2.75, 3.05) is 5.32 Å². The first-order valence-electron chi connectivity index (χ1n) is 3.28. The van der Waals surface area contributed by atoms with Gasteiger partial charge in [0.25, 0.3) is 0 Å². The Kier molecular flexibility index (Phi) is 2.42. The van der Waals surface area contributed by atoms with Gasteiger partial charge < -0.3 is 10.4 Å². The van der Waals surface area contributed by atoms with Crippen molar-refractivity contribution in [3.05, 3.63) is 29.8 Å². The summed E-state index contributed by atoms with van der Waals surface area (Å²) in [7, 11) is 0. The van der Waals surface area contributed by atoms with E-state index in [-0.39, 0.29) is 5.56 Å². The molecule has 2 N–H and O–H groups in total. The van der Waals surface area contributed by atoms with Gasteiger partial charge >= 0.3 is 5.97 Å². The van der Waals surface area contributed by atoms with E-state index in [4.69, 9.17) is 5.11 Å². The first-order valence-corrected chi connectivity index (χ1v) is 3.28. The Balaban J connectivity index is 3.07. The molecule has 0 saturated carbocycles. The molecule has 0 bridgehead atoms. The molecule has 4 heteroatoms. The van der Waals surface area contributed by atoms with Gasteiger partial charge in [0, 0.05) is 0 Å². The minimum atomic E-state index is -1.06. The highest BCUT2D eigenvalue weighted by atomic mass is 16.4. The molecule has 0 radical (unpaired) electrons. The van der Waals surface area contributed by atoms with Gasteiger partial charge in [0.2, 0.25) is 6.41 Å². The highest BCUT2D eigenvalue weighted by Crippen LogP contribution is 2.13. The van der Waals surface area contributed by atoms with Crippen molar-refractivity contribution in [3.8, 4) is 0 Å². The van der Waals surface area contributed by atoms with E-state index in [1.165, 1.54) is 12.1 Å². The Morgan fingerprint density at radius 3 is 2.67 bits per heavy atom. The third-order valence-electron chi connectivity index (χ3n) is 1.37. The van der Waals surface area contributed by atoms with Crippen LogP contribution < -0.4 is 5.32 Å². The number of para-hydroxylation sites is 1. The van der Waals surface area contributed by atoms with Crippen LogP contribution in [0.1, 0.15) is 10.4 Å². The summed E-state index contributed by atoms with van der Waals surface area (Å²) in [6.45, 7) is 0. The van der Waals surface area contributed by atoms with Crippen molar-refractivity contribution in [2.24, 2.45) is 0 Å². The minimum absolute atomic E-state index is 0.0876. The van der Waals surface area contributed by atoms with Crippen LogP contribution in [0.15, 0.2) is 24.3 Å². The highest BCUT2D eigenvalue weighted by molar-refractivity contribution is 5.96. The van der Waals surface area contributed by atoms with Gasteiger partial charge in [-0.05, 0) is 12.1 Å². The lowest BCUT2D eigenvalue weighted by Gasteiger charge is -2.01. The summed E-state index contributed by atoms with van der Waals surface area (Å²) in [4.78, 5) is 20.6. The second-order valence-corrected chi connectivity index (χ2v) is 2.11. The Labute approximate surface area is 68.8 Å². The van der Waals surface area contributed by atoms with Crippen LogP contribution in [0.3, 0.4) is 0 Å². The summed E-state index contributed by atoms with van der Waals surface area (Å²) in [6.07, 6.45) is 0.446. The topological polar surface area (TPSA) is 66.4 Å². The maximum absolute atomic E-state index is 10.5. The maximum Gasteiger partial charge on any atom is 0.337 e. The Morgan fingerprint density at radius 2 is 2.08 bits per heavy atom. The molecule has 1 aromatic rings. The summed E-state index contributed by atoms with van der Waals surface area (Å²) in [5, 5.41) is 10.9. The van der Waals surface area contributed by atoms with Gasteiger partial charge in [0.05, 0.1) is 11.3 Å². The normalized spacial score (nSPS) is 9.00. The van der Waals surface area contributed by atoms with E-state index >= 15 is 0 Å². The van der Waals surface area contributed by atoms with E-state index in [1.54, 1.807) is 12.1 Å². The fourth-order valence-corrected chi connectivity index (χ4v) is 0.859. The van der Waals surface area contributed by atoms with Crippen molar-refractivity contribution in [1.82, 2.24) is 0 Å². The highest BCUT2D eigenvalue weighted by Gasteiger charge is 2.06. The summed E-state index contributed by atoms with van der Waals surface area (Å²) in [5.74, 6) is -1.06. The standard InChI is InChI=1S/C8H7NO3/c10-5-9-7-4-2-1-3-6(7)8(11)12/h1-5H,(H,9,10)(H,11,12). The van der Waals surface area contributed by atoms with E-state index < -0.39 is 5.97 Å². The average Bonchev–Trinajstić information content (AvgIpc) is 2.05. The molecule has 0 aliphatic heterocycles. The second-order valence-electron chi connectivity index (χ2n) is 2.11. The van der Waals surface area contributed by atoms with Gasteiger partial charge in [-0.15, -0.1) is 0 Å². The first-order chi connectivity index (χ1) is 5.75. The lowest BCUT2D eigenvalue weighted by Crippen LogP contribution is -2.03. The molecule has 0 unspecified atom stereocenters. The molecule has 0 aliphatic rings. The molecule has 0 aromatic heterocycles. The summed E-state index contributed by atoms with van der Waals surface area (Å²) < 4.78 is 0. The van der Waals surface area contributed by atoms with Gasteiger partial charge in [-0.1, -0.05) is 12.1 Å². The molecular formula is C8H7NO3. The van der Waals surface area contributed by atoms with E-state index in [0.29, 0.717) is 12.1 Å². The SMILES string of the molecule is O=CNc1ccccc1C(=O)O. The van der Waals surface area contributed by atoms with Crippen LogP contribution >= 0.6 is 0 Å². The first kappa shape index (κ1) is 8.26. The van der Waals surface area contributed by atoms with E-state index in [0.717, 1.165) is 0 Å². The van der Waals surface area contributed by atoms with E-state index in [1.807, 2.05) is 0 Å². The quantitative estimate of drug-likeness (QED) is 0.655. The van der Waals surface area contributed by atoms with Gasteiger partial charge in [-0.2, -0.15) is 0 Å². The van der Waals surface area contributed by atoms with E-state index in [2.05, 4.69) is 5.32 Å². The van der Waals surface area contributed by atoms with Gasteiger partial charge in [0.1, 0.15) is 0 Å². The largest absolute Gasteiger partial charge is 0.478 e. The molecule has 1 aromatic carbocycles. The Morgan fingerprint density at radius 1 is 1.42 bits per heavy atom. The molecule has 0 aliphatic carbocycles. The molecule has 0 fully saturated rings. The summed E-state index contributed by atoms with van der Waals surface area (Å²) in [5.41, 5.74) is 0.393. The summed E-state index contributed by atoms with van der Waals surface area (Å²) in [6, 6.07) is 6.20. The predicted octanol–water partition coefficient (Wildman–Crippen LogP) is 0.953. The van der Waals surface area contributed by atoms with Crippen LogP contribution in [0.25, 0.3) is 0 Å².